The molecule has 1 aliphatic heterocycles. The molecule has 0 aliphatic carbocycles. The van der Waals surface area contributed by atoms with E-state index in [1.807, 2.05) is 62.3 Å². The number of nitrogen functional groups attached to an aromatic ring is 1. The summed E-state index contributed by atoms with van der Waals surface area (Å²) in [5, 5.41) is 6.63. The van der Waals surface area contributed by atoms with Gasteiger partial charge in [0, 0.05) is 37.3 Å². The van der Waals surface area contributed by atoms with Crippen LogP contribution in [-0.4, -0.2) is 44.0 Å². The van der Waals surface area contributed by atoms with E-state index in [9.17, 15) is 9.00 Å². The number of aromatic nitrogens is 1. The molecule has 3 aromatic carbocycles. The highest BCUT2D eigenvalue weighted by Gasteiger charge is 2.36. The van der Waals surface area contributed by atoms with Crippen LogP contribution in [0.15, 0.2) is 71.8 Å². The van der Waals surface area contributed by atoms with Gasteiger partial charge in [0.25, 0.3) is 5.91 Å². The van der Waals surface area contributed by atoms with E-state index in [1.54, 1.807) is 12.3 Å². The number of anilines is 2. The molecule has 4 aromatic rings. The summed E-state index contributed by atoms with van der Waals surface area (Å²) in [6.45, 7) is 12.5. The molecule has 4 N–H and O–H groups in total. The van der Waals surface area contributed by atoms with Gasteiger partial charge in [-0.05, 0) is 98.2 Å². The van der Waals surface area contributed by atoms with E-state index in [0.717, 1.165) is 40.0 Å². The number of nitrogens with one attached hydrogen (secondary N) is 2. The molecular formula is C33H39N5O3S2. The second-order valence-corrected chi connectivity index (χ2v) is 13.6. The van der Waals surface area contributed by atoms with Crippen LogP contribution in [0, 0.1) is 13.8 Å². The number of hydrogen-bond donors (Lipinski definition) is 3. The van der Waals surface area contributed by atoms with Gasteiger partial charge in [-0.2, -0.15) is 0 Å². The predicted octanol–water partition coefficient (Wildman–Crippen LogP) is 6.03. The van der Waals surface area contributed by atoms with E-state index in [4.69, 9.17) is 10.5 Å². The fourth-order valence-electron chi connectivity index (χ4n) is 5.71. The van der Waals surface area contributed by atoms with Crippen LogP contribution in [0.2, 0.25) is 0 Å². The molecule has 0 radical (unpaired) electrons. The van der Waals surface area contributed by atoms with Crippen molar-refractivity contribution in [1.82, 2.24) is 14.0 Å². The van der Waals surface area contributed by atoms with E-state index in [-0.39, 0.29) is 11.8 Å². The van der Waals surface area contributed by atoms with Gasteiger partial charge >= 0.3 is 0 Å². The lowest BCUT2D eigenvalue weighted by atomic mass is 9.74. The smallest absolute Gasteiger partial charge is 0.263 e. The van der Waals surface area contributed by atoms with Gasteiger partial charge in [0.05, 0.1) is 16.3 Å². The molecule has 1 amide bonds. The largest absolute Gasteiger partial charge is 0.491 e. The number of benzene rings is 3. The van der Waals surface area contributed by atoms with Crippen LogP contribution in [0.1, 0.15) is 64.2 Å². The summed E-state index contributed by atoms with van der Waals surface area (Å²) < 4.78 is 25.6. The van der Waals surface area contributed by atoms with Gasteiger partial charge in [0.15, 0.2) is 0 Å². The standard InChI is InChI=1S/C33H39N5O3S2/c1-6-35-26-14-13-25(22(3)31(26)34)30(33(4,5)37-32(39)28-15-16-36-42-28)23-12-11-21(2)24(19-23)20-38-17-18-41-27-9-7-8-10-29(27)43(38)40/h7-16,19,30,35H,6,17-18,20,34H2,1-5H3,(H,37,39). The van der Waals surface area contributed by atoms with Gasteiger partial charge in [0.2, 0.25) is 0 Å². The van der Waals surface area contributed by atoms with Crippen molar-refractivity contribution >= 4 is 39.8 Å². The van der Waals surface area contributed by atoms with Crippen molar-refractivity contribution in [3.63, 3.8) is 0 Å². The van der Waals surface area contributed by atoms with Crippen molar-refractivity contribution in [2.45, 2.75) is 57.5 Å². The number of ether oxygens (including phenoxy) is 1. The van der Waals surface area contributed by atoms with E-state index in [2.05, 4.69) is 46.2 Å². The highest BCUT2D eigenvalue weighted by atomic mass is 32.2. The number of carbonyl (C=O) groups excluding carboxylic acids is 1. The first kappa shape index (κ1) is 30.7. The van der Waals surface area contributed by atoms with Crippen LogP contribution >= 0.6 is 11.5 Å². The Bertz CT molecular complexity index is 1640. The van der Waals surface area contributed by atoms with Crippen LogP contribution in [-0.2, 0) is 17.5 Å². The van der Waals surface area contributed by atoms with Gasteiger partial charge in [-0.3, -0.25) is 4.79 Å². The first-order chi connectivity index (χ1) is 20.6. The number of aryl methyl sites for hydroxylation is 1. The fraction of sp³-hybridized carbons (Fsp3) is 0.333. The molecule has 2 atom stereocenters. The fourth-order valence-corrected chi connectivity index (χ4v) is 7.47. The van der Waals surface area contributed by atoms with E-state index in [1.165, 1.54) is 11.5 Å². The van der Waals surface area contributed by atoms with Crippen molar-refractivity contribution in [2.75, 3.05) is 30.7 Å². The molecule has 0 bridgehead atoms. The Morgan fingerprint density at radius 1 is 1.16 bits per heavy atom. The molecule has 0 spiro atoms. The zero-order valence-corrected chi connectivity index (χ0v) is 26.9. The van der Waals surface area contributed by atoms with Crippen molar-refractivity contribution in [3.8, 4) is 5.75 Å². The van der Waals surface area contributed by atoms with E-state index in [0.29, 0.717) is 40.9 Å². The Balaban J connectivity index is 1.56. The summed E-state index contributed by atoms with van der Waals surface area (Å²) in [6, 6.07) is 19.8. The van der Waals surface area contributed by atoms with Crippen LogP contribution in [0.3, 0.4) is 0 Å². The molecule has 226 valence electrons. The van der Waals surface area contributed by atoms with Crippen LogP contribution in [0.4, 0.5) is 11.4 Å². The molecule has 1 aromatic heterocycles. The lowest BCUT2D eigenvalue weighted by Gasteiger charge is -2.37. The Morgan fingerprint density at radius 2 is 1.95 bits per heavy atom. The van der Waals surface area contributed by atoms with Crippen molar-refractivity contribution in [1.29, 1.82) is 0 Å². The van der Waals surface area contributed by atoms with Crippen molar-refractivity contribution in [3.05, 3.63) is 99.6 Å². The summed E-state index contributed by atoms with van der Waals surface area (Å²) in [7, 11) is -1.36. The minimum Gasteiger partial charge on any atom is -0.491 e. The maximum absolute atomic E-state index is 13.6. The van der Waals surface area contributed by atoms with Crippen LogP contribution < -0.4 is 21.1 Å². The van der Waals surface area contributed by atoms with Gasteiger partial charge < -0.3 is 21.1 Å². The number of amides is 1. The predicted molar refractivity (Wildman–Crippen MR) is 175 cm³/mol. The number of nitrogens with zero attached hydrogens (tertiary/aromatic N) is 2. The zero-order valence-electron chi connectivity index (χ0n) is 25.3. The number of para-hydroxylation sites is 1. The van der Waals surface area contributed by atoms with Gasteiger partial charge in [-0.15, -0.1) is 0 Å². The van der Waals surface area contributed by atoms with Gasteiger partial charge in [-0.25, -0.2) is 12.9 Å². The third-order valence-electron chi connectivity index (χ3n) is 7.98. The number of rotatable bonds is 9. The quantitative estimate of drug-likeness (QED) is 0.198. The summed E-state index contributed by atoms with van der Waals surface area (Å²) >= 11 is 1.17. The van der Waals surface area contributed by atoms with Crippen LogP contribution in [0.5, 0.6) is 5.75 Å². The zero-order chi connectivity index (χ0) is 30.7. The summed E-state index contributed by atoms with van der Waals surface area (Å²) in [4.78, 5) is 14.5. The van der Waals surface area contributed by atoms with Crippen molar-refractivity contribution in [2.24, 2.45) is 0 Å². The molecule has 2 heterocycles. The average Bonchev–Trinajstić information content (AvgIpc) is 3.48. The molecule has 10 heteroatoms. The Labute approximate surface area is 260 Å². The summed E-state index contributed by atoms with van der Waals surface area (Å²) in [5.41, 5.74) is 12.7. The minimum absolute atomic E-state index is 0.168. The molecule has 0 saturated carbocycles. The first-order valence-electron chi connectivity index (χ1n) is 14.4. The lowest BCUT2D eigenvalue weighted by Crippen LogP contribution is -2.48. The first-order valence-corrected chi connectivity index (χ1v) is 16.3. The number of fused-ring (bicyclic) bond motifs is 1. The second-order valence-electron chi connectivity index (χ2n) is 11.4. The molecular weight excluding hydrogens is 579 g/mol. The molecule has 8 nitrogen and oxygen atoms in total. The molecule has 5 rings (SSSR count). The van der Waals surface area contributed by atoms with E-state index < -0.39 is 16.5 Å². The molecule has 0 saturated heterocycles. The van der Waals surface area contributed by atoms with Gasteiger partial charge in [0.1, 0.15) is 28.2 Å². The second kappa shape index (κ2) is 12.9. The average molecular weight is 618 g/mol. The summed E-state index contributed by atoms with van der Waals surface area (Å²) in [5.74, 6) is 0.264. The molecule has 43 heavy (non-hydrogen) atoms. The Kier molecular flexibility index (Phi) is 9.19. The maximum Gasteiger partial charge on any atom is 0.263 e. The number of nitrogens with two attached hydrogens (primary N) is 1. The molecule has 2 unspecified atom stereocenters. The van der Waals surface area contributed by atoms with Gasteiger partial charge in [-0.1, -0.05) is 36.4 Å². The molecule has 1 aliphatic rings. The third-order valence-corrected chi connectivity index (χ3v) is 10.2. The van der Waals surface area contributed by atoms with Crippen LogP contribution in [0.25, 0.3) is 0 Å². The third kappa shape index (κ3) is 6.46. The Hall–Kier alpha value is -3.73. The van der Waals surface area contributed by atoms with E-state index >= 15 is 0 Å². The van der Waals surface area contributed by atoms with Crippen molar-refractivity contribution < 1.29 is 13.7 Å². The lowest BCUT2D eigenvalue weighted by molar-refractivity contribution is 0.0910. The number of carbonyl (C=O) groups is 1. The Morgan fingerprint density at radius 3 is 2.70 bits per heavy atom. The molecule has 0 fully saturated rings. The highest BCUT2D eigenvalue weighted by Crippen LogP contribution is 2.41. The number of hydrogen-bond acceptors (Lipinski definition) is 7. The normalized spacial score (nSPS) is 16.1. The highest BCUT2D eigenvalue weighted by molar-refractivity contribution is 7.82. The maximum atomic E-state index is 13.6. The summed E-state index contributed by atoms with van der Waals surface area (Å²) in [6.07, 6.45) is 1.64. The SMILES string of the molecule is CCNc1ccc(C(c2ccc(C)c(CN3CCOc4ccccc4S3=O)c2)C(C)(C)NC(=O)c2ccns2)c(C)c1N. The minimum atomic E-state index is -1.36. The monoisotopic (exact) mass is 617 g/mol. The topological polar surface area (TPSA) is 110 Å².